The van der Waals surface area contributed by atoms with E-state index in [0.717, 1.165) is 11.3 Å². The fourth-order valence-corrected chi connectivity index (χ4v) is 2.31. The van der Waals surface area contributed by atoms with Crippen molar-refractivity contribution >= 4 is 24.0 Å². The van der Waals surface area contributed by atoms with E-state index in [1.807, 2.05) is 6.92 Å². The van der Waals surface area contributed by atoms with Crippen molar-refractivity contribution in [1.82, 2.24) is 9.88 Å². The van der Waals surface area contributed by atoms with Gasteiger partial charge in [0.05, 0.1) is 7.11 Å². The van der Waals surface area contributed by atoms with Crippen LogP contribution >= 0.6 is 24.0 Å². The van der Waals surface area contributed by atoms with E-state index in [1.54, 1.807) is 11.6 Å². The van der Waals surface area contributed by atoms with Crippen LogP contribution in [0.5, 0.6) is 5.75 Å². The molecule has 2 rings (SSSR count). The second kappa shape index (κ2) is 4.65. The van der Waals surface area contributed by atoms with Crippen LogP contribution in [-0.2, 0) is 13.6 Å². The lowest BCUT2D eigenvalue weighted by atomic mass is 10.1. The molecule has 0 bridgehead atoms. The molecule has 6 heteroatoms. The van der Waals surface area contributed by atoms with Gasteiger partial charge in [0.15, 0.2) is 0 Å². The van der Waals surface area contributed by atoms with E-state index in [0.29, 0.717) is 12.3 Å². The van der Waals surface area contributed by atoms with Gasteiger partial charge in [-0.05, 0) is 6.92 Å². The van der Waals surface area contributed by atoms with Crippen molar-refractivity contribution in [3.05, 3.63) is 26.6 Å². The summed E-state index contributed by atoms with van der Waals surface area (Å²) in [6.45, 7) is 2.70. The molecule has 1 aliphatic heterocycles. The molecule has 1 atom stereocenters. The molecule has 16 heavy (non-hydrogen) atoms. The largest absolute Gasteiger partial charge is 0.495 e. The molecule has 1 aromatic rings. The highest BCUT2D eigenvalue weighted by molar-refractivity contribution is 6.32. The van der Waals surface area contributed by atoms with E-state index in [-0.39, 0.29) is 29.0 Å². The number of halogens is 2. The molecule has 1 aliphatic rings. The molecular weight excluding hydrogens is 251 g/mol. The van der Waals surface area contributed by atoms with Crippen LogP contribution in [0.1, 0.15) is 24.2 Å². The summed E-state index contributed by atoms with van der Waals surface area (Å²) in [6.07, 6.45) is 0. The van der Waals surface area contributed by atoms with Crippen molar-refractivity contribution in [2.75, 3.05) is 7.11 Å². The third-order valence-corrected chi connectivity index (χ3v) is 3.20. The summed E-state index contributed by atoms with van der Waals surface area (Å²) in [5.74, 6) is 0.507. The Hall–Kier alpha value is -0.710. The lowest BCUT2D eigenvalue weighted by Gasteiger charge is -2.14. The molecule has 0 fully saturated rings. The zero-order valence-electron chi connectivity index (χ0n) is 9.33. The molecule has 1 unspecified atom stereocenters. The Kier molecular flexibility index (Phi) is 3.88. The summed E-state index contributed by atoms with van der Waals surface area (Å²) in [5, 5.41) is 3.42. The van der Waals surface area contributed by atoms with Crippen LogP contribution in [-0.4, -0.2) is 11.7 Å². The van der Waals surface area contributed by atoms with Gasteiger partial charge in [-0.2, -0.15) is 0 Å². The molecule has 4 nitrogen and oxygen atoms in total. The van der Waals surface area contributed by atoms with Gasteiger partial charge in [-0.3, -0.25) is 4.79 Å². The van der Waals surface area contributed by atoms with E-state index in [9.17, 15) is 4.79 Å². The van der Waals surface area contributed by atoms with Crippen LogP contribution < -0.4 is 15.6 Å². The zero-order chi connectivity index (χ0) is 11.2. The predicted molar refractivity (Wildman–Crippen MR) is 65.7 cm³/mol. The number of ether oxygens (including phenoxy) is 1. The van der Waals surface area contributed by atoms with Gasteiger partial charge in [-0.15, -0.1) is 12.4 Å². The fourth-order valence-electron chi connectivity index (χ4n) is 2.01. The second-order valence-corrected chi connectivity index (χ2v) is 4.05. The normalized spacial score (nSPS) is 17.9. The van der Waals surface area contributed by atoms with Gasteiger partial charge in [0, 0.05) is 30.9 Å². The van der Waals surface area contributed by atoms with Crippen LogP contribution in [0, 0.1) is 0 Å². The molecule has 0 aromatic carbocycles. The number of pyridine rings is 1. The smallest absolute Gasteiger partial charge is 0.273 e. The molecular formula is C10H14Cl2N2O2. The lowest BCUT2D eigenvalue weighted by Crippen LogP contribution is -2.22. The standard InChI is InChI=1S/C10H13ClN2O2.ClH/c1-5-7-6(4-12-5)13(2)10(14)8(11)9(7)15-3;/h5,12H,4H2,1-3H3;1H. The third kappa shape index (κ3) is 1.71. The summed E-state index contributed by atoms with van der Waals surface area (Å²) < 4.78 is 6.79. The molecule has 0 saturated carbocycles. The molecule has 0 amide bonds. The number of hydrogen-bond acceptors (Lipinski definition) is 3. The number of rotatable bonds is 1. The fraction of sp³-hybridized carbons (Fsp3) is 0.500. The Morgan fingerprint density at radius 1 is 1.56 bits per heavy atom. The SMILES string of the molecule is COc1c2c(n(C)c(=O)c1Cl)CNC2C.Cl. The molecule has 90 valence electrons. The van der Waals surface area contributed by atoms with Crippen molar-refractivity contribution in [2.45, 2.75) is 19.5 Å². The van der Waals surface area contributed by atoms with Crippen molar-refractivity contribution in [1.29, 1.82) is 0 Å². The van der Waals surface area contributed by atoms with Crippen LogP contribution in [0.2, 0.25) is 5.02 Å². The first-order valence-electron chi connectivity index (χ1n) is 4.76. The summed E-state index contributed by atoms with van der Waals surface area (Å²) >= 11 is 5.96. The van der Waals surface area contributed by atoms with Gasteiger partial charge in [0.1, 0.15) is 10.8 Å². The number of methoxy groups -OCH3 is 1. The topological polar surface area (TPSA) is 43.3 Å². The van der Waals surface area contributed by atoms with Crippen LogP contribution in [0.25, 0.3) is 0 Å². The maximum Gasteiger partial charge on any atom is 0.273 e. The minimum absolute atomic E-state index is 0. The summed E-state index contributed by atoms with van der Waals surface area (Å²) in [5.41, 5.74) is 1.74. The van der Waals surface area contributed by atoms with Crippen molar-refractivity contribution in [3.63, 3.8) is 0 Å². The van der Waals surface area contributed by atoms with E-state index < -0.39 is 0 Å². The molecule has 0 saturated heterocycles. The van der Waals surface area contributed by atoms with E-state index in [4.69, 9.17) is 16.3 Å². The molecule has 2 heterocycles. The summed E-state index contributed by atoms with van der Waals surface area (Å²) in [4.78, 5) is 11.7. The molecule has 0 radical (unpaired) electrons. The van der Waals surface area contributed by atoms with Gasteiger partial charge in [0.25, 0.3) is 5.56 Å². The van der Waals surface area contributed by atoms with Crippen molar-refractivity contribution < 1.29 is 4.74 Å². The highest BCUT2D eigenvalue weighted by Crippen LogP contribution is 2.36. The lowest BCUT2D eigenvalue weighted by molar-refractivity contribution is 0.404. The van der Waals surface area contributed by atoms with Crippen molar-refractivity contribution in [3.8, 4) is 5.75 Å². The van der Waals surface area contributed by atoms with Crippen LogP contribution in [0.3, 0.4) is 0 Å². The Morgan fingerprint density at radius 2 is 2.19 bits per heavy atom. The number of nitrogens with zero attached hydrogens (tertiary/aromatic N) is 1. The Morgan fingerprint density at radius 3 is 2.75 bits per heavy atom. The van der Waals surface area contributed by atoms with Gasteiger partial charge in [-0.1, -0.05) is 11.6 Å². The first-order valence-corrected chi connectivity index (χ1v) is 5.14. The van der Waals surface area contributed by atoms with Gasteiger partial charge in [-0.25, -0.2) is 0 Å². The Bertz CT molecular complexity index is 471. The molecule has 1 N–H and O–H groups in total. The predicted octanol–water partition coefficient (Wildman–Crippen LogP) is 1.63. The Labute approximate surface area is 105 Å². The van der Waals surface area contributed by atoms with Crippen LogP contribution in [0.15, 0.2) is 4.79 Å². The summed E-state index contributed by atoms with van der Waals surface area (Å²) in [6, 6.07) is 0.166. The van der Waals surface area contributed by atoms with Gasteiger partial charge in [0.2, 0.25) is 0 Å². The average Bonchev–Trinajstić information content (AvgIpc) is 2.59. The first kappa shape index (κ1) is 13.4. The number of nitrogens with one attached hydrogen (secondary N) is 1. The van der Waals surface area contributed by atoms with Gasteiger partial charge >= 0.3 is 0 Å². The molecule has 1 aromatic heterocycles. The van der Waals surface area contributed by atoms with E-state index in [1.165, 1.54) is 7.11 Å². The number of aromatic nitrogens is 1. The highest BCUT2D eigenvalue weighted by atomic mass is 35.5. The first-order chi connectivity index (χ1) is 7.07. The monoisotopic (exact) mass is 264 g/mol. The van der Waals surface area contributed by atoms with E-state index >= 15 is 0 Å². The minimum Gasteiger partial charge on any atom is -0.495 e. The molecule has 0 spiro atoms. The maximum atomic E-state index is 11.7. The zero-order valence-corrected chi connectivity index (χ0v) is 10.9. The third-order valence-electron chi connectivity index (χ3n) is 2.86. The quantitative estimate of drug-likeness (QED) is 0.839. The second-order valence-electron chi connectivity index (χ2n) is 3.67. The number of hydrogen-bond donors (Lipinski definition) is 1. The maximum absolute atomic E-state index is 11.7. The van der Waals surface area contributed by atoms with Crippen molar-refractivity contribution in [2.24, 2.45) is 7.05 Å². The average molecular weight is 265 g/mol. The van der Waals surface area contributed by atoms with Gasteiger partial charge < -0.3 is 14.6 Å². The summed E-state index contributed by atoms with van der Waals surface area (Å²) in [7, 11) is 3.26. The van der Waals surface area contributed by atoms with E-state index in [2.05, 4.69) is 5.32 Å². The van der Waals surface area contributed by atoms with Crippen LogP contribution in [0.4, 0.5) is 0 Å². The minimum atomic E-state index is -0.205. The molecule has 0 aliphatic carbocycles. The Balaban J connectivity index is 0.00000128. The number of fused-ring (bicyclic) bond motifs is 1. The highest BCUT2D eigenvalue weighted by Gasteiger charge is 2.28.